The van der Waals surface area contributed by atoms with Crippen LogP contribution in [0.2, 0.25) is 0 Å². The van der Waals surface area contributed by atoms with Crippen LogP contribution in [0.5, 0.6) is 0 Å². The van der Waals surface area contributed by atoms with Gasteiger partial charge < -0.3 is 0 Å². The van der Waals surface area contributed by atoms with Crippen molar-refractivity contribution >= 4 is 17.5 Å². The lowest BCUT2D eigenvalue weighted by molar-refractivity contribution is -0.124. The van der Waals surface area contributed by atoms with Crippen LogP contribution in [0.4, 0.5) is 0 Å². The van der Waals surface area contributed by atoms with E-state index in [1.807, 2.05) is 11.8 Å². The van der Waals surface area contributed by atoms with Crippen molar-refractivity contribution in [2.75, 3.05) is 5.75 Å². The Balaban J connectivity index is 1.89. The molecule has 2 fully saturated rings. The van der Waals surface area contributed by atoms with Crippen molar-refractivity contribution < 1.29 is 4.79 Å². The number of carbonyl (C=O) groups excluding carboxylic acids is 1. The van der Waals surface area contributed by atoms with Crippen molar-refractivity contribution in [3.05, 3.63) is 0 Å². The van der Waals surface area contributed by atoms with Crippen LogP contribution >= 0.6 is 11.8 Å². The van der Waals surface area contributed by atoms with E-state index in [2.05, 4.69) is 13.8 Å². The van der Waals surface area contributed by atoms with E-state index in [0.29, 0.717) is 17.0 Å². The first-order valence-corrected chi connectivity index (χ1v) is 7.88. The molecule has 2 aliphatic rings. The molecule has 2 rings (SSSR count). The van der Waals surface area contributed by atoms with Gasteiger partial charge in [-0.3, -0.25) is 4.79 Å². The van der Waals surface area contributed by atoms with Crippen molar-refractivity contribution in [3.8, 4) is 0 Å². The number of Topliss-reactive ketones (excluding diaryl/α,β-unsaturated/α-hetero) is 1. The summed E-state index contributed by atoms with van der Waals surface area (Å²) in [5.41, 5.74) is 0. The lowest BCUT2D eigenvalue weighted by Gasteiger charge is -2.33. The van der Waals surface area contributed by atoms with Gasteiger partial charge in [-0.15, -0.1) is 0 Å². The second kappa shape index (κ2) is 5.57. The molecule has 1 nitrogen and oxygen atoms in total. The van der Waals surface area contributed by atoms with Crippen LogP contribution in [0, 0.1) is 17.8 Å². The molecule has 0 spiro atoms. The minimum Gasteiger partial charge on any atom is -0.298 e. The maximum absolute atomic E-state index is 12.4. The molecule has 1 aliphatic carbocycles. The van der Waals surface area contributed by atoms with Gasteiger partial charge in [0.25, 0.3) is 0 Å². The highest BCUT2D eigenvalue weighted by molar-refractivity contribution is 8.00. The average Bonchev–Trinajstić information content (AvgIpc) is 2.33. The van der Waals surface area contributed by atoms with Gasteiger partial charge >= 0.3 is 0 Å². The molecule has 0 amide bonds. The van der Waals surface area contributed by atoms with E-state index in [1.54, 1.807) is 0 Å². The Labute approximate surface area is 104 Å². The Hall–Kier alpha value is 0.0200. The summed E-state index contributed by atoms with van der Waals surface area (Å²) in [7, 11) is 0. The number of ketones is 1. The first-order valence-electron chi connectivity index (χ1n) is 6.84. The Bertz CT molecular complexity index is 245. The van der Waals surface area contributed by atoms with Crippen molar-refractivity contribution in [2.45, 2.75) is 57.6 Å². The predicted molar refractivity (Wildman–Crippen MR) is 70.8 cm³/mol. The molecule has 92 valence electrons. The lowest BCUT2D eigenvalue weighted by atomic mass is 9.73. The van der Waals surface area contributed by atoms with Crippen LogP contribution in [-0.4, -0.2) is 16.8 Å². The van der Waals surface area contributed by atoms with E-state index in [1.165, 1.54) is 25.0 Å². The van der Waals surface area contributed by atoms with Gasteiger partial charge in [0, 0.05) is 5.92 Å². The van der Waals surface area contributed by atoms with Gasteiger partial charge in [-0.2, -0.15) is 11.8 Å². The van der Waals surface area contributed by atoms with Gasteiger partial charge in [-0.1, -0.05) is 20.3 Å². The Morgan fingerprint density at radius 1 is 1.06 bits per heavy atom. The van der Waals surface area contributed by atoms with Gasteiger partial charge in [-0.25, -0.2) is 0 Å². The van der Waals surface area contributed by atoms with Gasteiger partial charge in [0.05, 0.1) is 5.25 Å². The van der Waals surface area contributed by atoms with E-state index < -0.39 is 0 Å². The first kappa shape index (κ1) is 12.5. The third-order valence-electron chi connectivity index (χ3n) is 4.50. The van der Waals surface area contributed by atoms with Crippen LogP contribution in [0.1, 0.15) is 52.4 Å². The summed E-state index contributed by atoms with van der Waals surface area (Å²) in [6.07, 6.45) is 7.28. The zero-order valence-corrected chi connectivity index (χ0v) is 11.4. The molecule has 0 aromatic rings. The summed E-state index contributed by atoms with van der Waals surface area (Å²) < 4.78 is 0. The maximum Gasteiger partial charge on any atom is 0.148 e. The summed E-state index contributed by atoms with van der Waals surface area (Å²) >= 11 is 1.92. The Morgan fingerprint density at radius 2 is 1.88 bits per heavy atom. The molecule has 4 unspecified atom stereocenters. The molecular weight excluding hydrogens is 216 g/mol. The molecule has 1 saturated heterocycles. The van der Waals surface area contributed by atoms with Crippen LogP contribution in [0.25, 0.3) is 0 Å². The topological polar surface area (TPSA) is 17.1 Å². The third-order valence-corrected chi connectivity index (χ3v) is 5.89. The fourth-order valence-electron chi connectivity index (χ4n) is 3.03. The molecule has 0 bridgehead atoms. The Kier molecular flexibility index (Phi) is 4.34. The molecule has 0 radical (unpaired) electrons. The quantitative estimate of drug-likeness (QED) is 0.728. The van der Waals surface area contributed by atoms with E-state index in [4.69, 9.17) is 0 Å². The maximum atomic E-state index is 12.4. The summed E-state index contributed by atoms with van der Waals surface area (Å²) in [6.45, 7) is 4.65. The van der Waals surface area contributed by atoms with Crippen LogP contribution < -0.4 is 0 Å². The number of hydrogen-bond donors (Lipinski definition) is 0. The van der Waals surface area contributed by atoms with Crippen molar-refractivity contribution in [1.29, 1.82) is 0 Å². The highest BCUT2D eigenvalue weighted by atomic mass is 32.2. The fourth-order valence-corrected chi connectivity index (χ4v) is 4.38. The second-order valence-electron chi connectivity index (χ2n) is 5.72. The van der Waals surface area contributed by atoms with Crippen LogP contribution in [0.3, 0.4) is 0 Å². The molecule has 1 aliphatic heterocycles. The third kappa shape index (κ3) is 2.82. The van der Waals surface area contributed by atoms with E-state index >= 15 is 0 Å². The van der Waals surface area contributed by atoms with Crippen LogP contribution in [0.15, 0.2) is 0 Å². The zero-order valence-electron chi connectivity index (χ0n) is 10.6. The summed E-state index contributed by atoms with van der Waals surface area (Å²) in [6, 6.07) is 0. The standard InChI is InChI=1S/C14H24OS/c1-10-6-7-12(9-11(10)2)14(15)13-5-3-4-8-16-13/h10-13H,3-9H2,1-2H3. The monoisotopic (exact) mass is 240 g/mol. The normalized spacial score (nSPS) is 40.6. The summed E-state index contributed by atoms with van der Waals surface area (Å²) in [4.78, 5) is 12.4. The highest BCUT2D eigenvalue weighted by Crippen LogP contribution is 2.37. The zero-order chi connectivity index (χ0) is 11.5. The highest BCUT2D eigenvalue weighted by Gasteiger charge is 2.33. The summed E-state index contributed by atoms with van der Waals surface area (Å²) in [5, 5.41) is 0.347. The van der Waals surface area contributed by atoms with Gasteiger partial charge in [-0.05, 0) is 49.7 Å². The minimum atomic E-state index is 0.347. The predicted octanol–water partition coefficient (Wildman–Crippen LogP) is 3.91. The van der Waals surface area contributed by atoms with Gasteiger partial charge in [0.1, 0.15) is 5.78 Å². The van der Waals surface area contributed by atoms with Gasteiger partial charge in [0.15, 0.2) is 0 Å². The average molecular weight is 240 g/mol. The van der Waals surface area contributed by atoms with E-state index in [-0.39, 0.29) is 0 Å². The molecular formula is C14H24OS. The van der Waals surface area contributed by atoms with E-state index in [9.17, 15) is 4.79 Å². The van der Waals surface area contributed by atoms with Crippen molar-refractivity contribution in [1.82, 2.24) is 0 Å². The molecule has 16 heavy (non-hydrogen) atoms. The number of carbonyl (C=O) groups is 1. The number of rotatable bonds is 2. The molecule has 0 aromatic heterocycles. The minimum absolute atomic E-state index is 0.347. The molecule has 4 atom stereocenters. The molecule has 0 N–H and O–H groups in total. The number of thioether (sulfide) groups is 1. The Morgan fingerprint density at radius 3 is 2.50 bits per heavy atom. The summed E-state index contributed by atoms with van der Waals surface area (Å²) in [5.74, 6) is 3.75. The lowest BCUT2D eigenvalue weighted by Crippen LogP contribution is -2.33. The molecule has 2 heteroatoms. The second-order valence-corrected chi connectivity index (χ2v) is 7.03. The van der Waals surface area contributed by atoms with Crippen molar-refractivity contribution in [3.63, 3.8) is 0 Å². The van der Waals surface area contributed by atoms with Crippen molar-refractivity contribution in [2.24, 2.45) is 17.8 Å². The van der Waals surface area contributed by atoms with E-state index in [0.717, 1.165) is 31.1 Å². The fraction of sp³-hybridized carbons (Fsp3) is 0.929. The number of hydrogen-bond acceptors (Lipinski definition) is 2. The molecule has 0 aromatic carbocycles. The first-order chi connectivity index (χ1) is 7.68. The molecule has 1 heterocycles. The molecule has 1 saturated carbocycles. The smallest absolute Gasteiger partial charge is 0.148 e. The largest absolute Gasteiger partial charge is 0.298 e. The SMILES string of the molecule is CC1CCC(C(=O)C2CCCCS2)CC1C. The van der Waals surface area contributed by atoms with Gasteiger partial charge in [0.2, 0.25) is 0 Å². The van der Waals surface area contributed by atoms with Crippen LogP contribution in [-0.2, 0) is 4.79 Å².